The lowest BCUT2D eigenvalue weighted by molar-refractivity contribution is 0.148. The summed E-state index contributed by atoms with van der Waals surface area (Å²) >= 11 is 3.50. The molecule has 2 saturated heterocycles. The van der Waals surface area contributed by atoms with Crippen LogP contribution in [0.25, 0.3) is 0 Å². The van der Waals surface area contributed by atoms with Gasteiger partial charge < -0.3 is 5.32 Å². The molecule has 1 aromatic rings. The van der Waals surface area contributed by atoms with E-state index in [9.17, 15) is 0 Å². The van der Waals surface area contributed by atoms with Crippen LogP contribution in [0.2, 0.25) is 0 Å². The van der Waals surface area contributed by atoms with Crippen LogP contribution in [0.1, 0.15) is 12.0 Å². The molecule has 0 amide bonds. The van der Waals surface area contributed by atoms with Gasteiger partial charge in [-0.3, -0.25) is 9.80 Å². The first kappa shape index (κ1) is 13.6. The first-order valence-corrected chi connectivity index (χ1v) is 8.02. The van der Waals surface area contributed by atoms with Crippen LogP contribution in [0, 0.1) is 0 Å². The van der Waals surface area contributed by atoms with Gasteiger partial charge in [-0.05, 0) is 37.2 Å². The molecule has 0 radical (unpaired) electrons. The van der Waals surface area contributed by atoms with E-state index in [1.54, 1.807) is 0 Å². The van der Waals surface area contributed by atoms with Gasteiger partial charge in [-0.2, -0.15) is 0 Å². The number of rotatable bonds is 3. The maximum atomic E-state index is 3.50. The molecule has 0 bridgehead atoms. The molecular formula is C15H22BrN3. The van der Waals surface area contributed by atoms with Crippen LogP contribution < -0.4 is 5.32 Å². The Bertz CT molecular complexity index is 402. The zero-order valence-electron chi connectivity index (χ0n) is 11.3. The van der Waals surface area contributed by atoms with Gasteiger partial charge in [0.15, 0.2) is 0 Å². The molecule has 2 aliphatic rings. The zero-order valence-corrected chi connectivity index (χ0v) is 12.9. The van der Waals surface area contributed by atoms with E-state index in [0.29, 0.717) is 0 Å². The molecule has 1 N–H and O–H groups in total. The van der Waals surface area contributed by atoms with Gasteiger partial charge in [-0.15, -0.1) is 0 Å². The normalized spacial score (nSPS) is 23.0. The van der Waals surface area contributed by atoms with Crippen molar-refractivity contribution in [2.45, 2.75) is 19.0 Å². The molecule has 0 aliphatic carbocycles. The second-order valence-corrected chi connectivity index (χ2v) is 6.52. The maximum Gasteiger partial charge on any atom is 0.0345 e. The standard InChI is InChI=1S/C15H22BrN3/c16-14-4-2-13(3-5-14)12-18-6-1-7-19(9-8-18)15-10-17-11-15/h2-5,15,17H,1,6-12H2. The van der Waals surface area contributed by atoms with Crippen LogP contribution in [0.15, 0.2) is 28.7 Å². The highest BCUT2D eigenvalue weighted by atomic mass is 79.9. The minimum atomic E-state index is 0.799. The molecule has 3 nitrogen and oxygen atoms in total. The summed E-state index contributed by atoms with van der Waals surface area (Å²) in [6.07, 6.45) is 1.30. The van der Waals surface area contributed by atoms with Gasteiger partial charge in [0.25, 0.3) is 0 Å². The van der Waals surface area contributed by atoms with E-state index in [0.717, 1.165) is 17.1 Å². The van der Waals surface area contributed by atoms with Crippen molar-refractivity contribution in [1.82, 2.24) is 15.1 Å². The SMILES string of the molecule is Brc1ccc(CN2CCCN(C3CNC3)CC2)cc1. The molecule has 0 saturated carbocycles. The Hall–Kier alpha value is -0.420. The average molecular weight is 324 g/mol. The summed E-state index contributed by atoms with van der Waals surface area (Å²) in [5.41, 5.74) is 1.42. The number of halogens is 1. The minimum Gasteiger partial charge on any atom is -0.314 e. The monoisotopic (exact) mass is 323 g/mol. The summed E-state index contributed by atoms with van der Waals surface area (Å²) in [6, 6.07) is 9.53. The van der Waals surface area contributed by atoms with Gasteiger partial charge in [-0.25, -0.2) is 0 Å². The molecule has 2 aliphatic heterocycles. The molecule has 3 rings (SSSR count). The van der Waals surface area contributed by atoms with Crippen molar-refractivity contribution < 1.29 is 0 Å². The van der Waals surface area contributed by atoms with E-state index < -0.39 is 0 Å². The van der Waals surface area contributed by atoms with Gasteiger partial charge in [-0.1, -0.05) is 28.1 Å². The fourth-order valence-electron chi connectivity index (χ4n) is 2.89. The Morgan fingerprint density at radius 2 is 1.84 bits per heavy atom. The maximum absolute atomic E-state index is 3.50. The smallest absolute Gasteiger partial charge is 0.0345 e. The summed E-state index contributed by atoms with van der Waals surface area (Å²) in [6.45, 7) is 8.38. The molecule has 1 aromatic carbocycles. The zero-order chi connectivity index (χ0) is 13.1. The molecule has 19 heavy (non-hydrogen) atoms. The summed E-state index contributed by atoms with van der Waals surface area (Å²) < 4.78 is 1.16. The predicted molar refractivity (Wildman–Crippen MR) is 82.3 cm³/mol. The van der Waals surface area contributed by atoms with Gasteiger partial charge in [0, 0.05) is 43.2 Å². The fraction of sp³-hybridized carbons (Fsp3) is 0.600. The summed E-state index contributed by atoms with van der Waals surface area (Å²) in [5, 5.41) is 3.38. The van der Waals surface area contributed by atoms with E-state index >= 15 is 0 Å². The van der Waals surface area contributed by atoms with Crippen LogP contribution in [0.4, 0.5) is 0 Å². The Balaban J connectivity index is 1.53. The minimum absolute atomic E-state index is 0.799. The topological polar surface area (TPSA) is 18.5 Å². The molecule has 0 aromatic heterocycles. The molecule has 104 valence electrons. The first-order valence-electron chi connectivity index (χ1n) is 7.23. The molecule has 4 heteroatoms. The molecule has 0 atom stereocenters. The second kappa shape index (κ2) is 6.35. The van der Waals surface area contributed by atoms with Gasteiger partial charge in [0.2, 0.25) is 0 Å². The lowest BCUT2D eigenvalue weighted by Crippen LogP contribution is -2.57. The number of benzene rings is 1. The van der Waals surface area contributed by atoms with Crippen LogP contribution in [0.5, 0.6) is 0 Å². The number of hydrogen-bond donors (Lipinski definition) is 1. The molecule has 0 unspecified atom stereocenters. The summed E-state index contributed by atoms with van der Waals surface area (Å²) in [7, 11) is 0. The quantitative estimate of drug-likeness (QED) is 0.917. The first-order chi connectivity index (χ1) is 9.31. The van der Waals surface area contributed by atoms with Crippen molar-refractivity contribution in [1.29, 1.82) is 0 Å². The van der Waals surface area contributed by atoms with E-state index in [1.165, 1.54) is 51.3 Å². The van der Waals surface area contributed by atoms with Crippen LogP contribution >= 0.6 is 15.9 Å². The second-order valence-electron chi connectivity index (χ2n) is 5.60. The van der Waals surface area contributed by atoms with E-state index in [4.69, 9.17) is 0 Å². The van der Waals surface area contributed by atoms with Gasteiger partial charge in [0.05, 0.1) is 0 Å². The van der Waals surface area contributed by atoms with Crippen LogP contribution in [-0.2, 0) is 6.54 Å². The van der Waals surface area contributed by atoms with Crippen molar-refractivity contribution in [2.75, 3.05) is 39.3 Å². The lowest BCUT2D eigenvalue weighted by Gasteiger charge is -2.37. The molecular weight excluding hydrogens is 302 g/mol. The fourth-order valence-corrected chi connectivity index (χ4v) is 3.16. The van der Waals surface area contributed by atoms with Gasteiger partial charge >= 0.3 is 0 Å². The Morgan fingerprint density at radius 1 is 1.05 bits per heavy atom. The van der Waals surface area contributed by atoms with Gasteiger partial charge in [0.1, 0.15) is 0 Å². The van der Waals surface area contributed by atoms with Crippen molar-refractivity contribution in [2.24, 2.45) is 0 Å². The average Bonchev–Trinajstić information content (AvgIpc) is 2.56. The van der Waals surface area contributed by atoms with Crippen molar-refractivity contribution in [3.05, 3.63) is 34.3 Å². The number of nitrogens with zero attached hydrogens (tertiary/aromatic N) is 2. The molecule has 0 spiro atoms. The molecule has 2 fully saturated rings. The highest BCUT2D eigenvalue weighted by molar-refractivity contribution is 9.10. The highest BCUT2D eigenvalue weighted by Gasteiger charge is 2.26. The van der Waals surface area contributed by atoms with E-state index in [-0.39, 0.29) is 0 Å². The summed E-state index contributed by atoms with van der Waals surface area (Å²) in [5.74, 6) is 0. The Labute approximate surface area is 124 Å². The Morgan fingerprint density at radius 3 is 2.53 bits per heavy atom. The highest BCUT2D eigenvalue weighted by Crippen LogP contribution is 2.15. The van der Waals surface area contributed by atoms with Crippen molar-refractivity contribution in [3.63, 3.8) is 0 Å². The van der Waals surface area contributed by atoms with Crippen LogP contribution in [0.3, 0.4) is 0 Å². The predicted octanol–water partition coefficient (Wildman–Crippen LogP) is 1.93. The van der Waals surface area contributed by atoms with Crippen molar-refractivity contribution >= 4 is 15.9 Å². The largest absolute Gasteiger partial charge is 0.314 e. The van der Waals surface area contributed by atoms with Crippen molar-refractivity contribution in [3.8, 4) is 0 Å². The molecule has 2 heterocycles. The van der Waals surface area contributed by atoms with Crippen LogP contribution in [-0.4, -0.2) is 55.1 Å². The number of nitrogens with one attached hydrogen (secondary N) is 1. The van der Waals surface area contributed by atoms with E-state index in [2.05, 4.69) is 55.3 Å². The summed E-state index contributed by atoms with van der Waals surface area (Å²) in [4.78, 5) is 5.26. The third kappa shape index (κ3) is 3.57. The lowest BCUT2D eigenvalue weighted by atomic mass is 10.1. The Kier molecular flexibility index (Phi) is 4.53. The third-order valence-corrected chi connectivity index (χ3v) is 4.75. The van der Waals surface area contributed by atoms with E-state index in [1.807, 2.05) is 0 Å². The number of hydrogen-bond acceptors (Lipinski definition) is 3. The third-order valence-electron chi connectivity index (χ3n) is 4.22.